The summed E-state index contributed by atoms with van der Waals surface area (Å²) in [5, 5.41) is 19.0. The molecule has 0 aliphatic rings. The number of benzene rings is 4. The summed E-state index contributed by atoms with van der Waals surface area (Å²) in [6.07, 6.45) is 2.93. The van der Waals surface area contributed by atoms with Crippen molar-refractivity contribution in [3.8, 4) is 34.5 Å². The molecule has 6 nitrogen and oxygen atoms in total. The topological polar surface area (TPSA) is 111 Å². The molecule has 0 unspecified atom stereocenters. The van der Waals surface area contributed by atoms with Gasteiger partial charge in [-0.3, -0.25) is 0 Å². The maximum atomic E-state index is 9.50. The molecule has 33 heavy (non-hydrogen) atoms. The molecule has 0 radical (unpaired) electrons. The summed E-state index contributed by atoms with van der Waals surface area (Å²) in [7, 11) is 0. The summed E-state index contributed by atoms with van der Waals surface area (Å²) in [6.45, 7) is 0. The first-order valence-electron chi connectivity index (χ1n) is 10.7. The Morgan fingerprint density at radius 3 is 1.24 bits per heavy atom. The molecule has 4 rings (SSSR count). The molecule has 6 N–H and O–H groups in total. The number of aromatic hydroxyl groups is 2. The fraction of sp³-hybridized carbons (Fsp3) is 0.111. The van der Waals surface area contributed by atoms with Crippen LogP contribution < -0.4 is 20.9 Å². The lowest BCUT2D eigenvalue weighted by Crippen LogP contribution is -1.92. The number of aryl methyl sites for hydroxylation is 2. The fourth-order valence-corrected chi connectivity index (χ4v) is 3.41. The Labute approximate surface area is 192 Å². The molecule has 6 heteroatoms. The number of phenols is 2. The van der Waals surface area contributed by atoms with Gasteiger partial charge in [0.25, 0.3) is 0 Å². The Morgan fingerprint density at radius 1 is 0.515 bits per heavy atom. The SMILES string of the molecule is Nc1cc(Oc2ccc(CCCc3ccc(Oc4ccc(O)c(N)c4)cc3)cc2)ccc1O. The number of hydrogen-bond acceptors (Lipinski definition) is 6. The third-order valence-corrected chi connectivity index (χ3v) is 5.25. The second-order valence-corrected chi connectivity index (χ2v) is 7.79. The standard InChI is InChI=1S/C27H26N2O4/c28-24-16-22(12-14-26(24)30)32-20-8-4-18(5-9-20)2-1-3-19-6-10-21(11-7-19)33-23-13-15-27(31)25(29)17-23/h4-17,30-31H,1-3,28-29H2. The van der Waals surface area contributed by atoms with Gasteiger partial charge in [0.05, 0.1) is 11.4 Å². The number of nitrogen functional groups attached to an aromatic ring is 2. The van der Waals surface area contributed by atoms with E-state index in [1.165, 1.54) is 23.3 Å². The zero-order chi connectivity index (χ0) is 23.2. The van der Waals surface area contributed by atoms with E-state index in [9.17, 15) is 10.2 Å². The molecule has 4 aromatic carbocycles. The molecule has 0 amide bonds. The van der Waals surface area contributed by atoms with Crippen LogP contribution in [0.4, 0.5) is 11.4 Å². The third-order valence-electron chi connectivity index (χ3n) is 5.25. The van der Waals surface area contributed by atoms with Crippen molar-refractivity contribution in [2.75, 3.05) is 11.5 Å². The van der Waals surface area contributed by atoms with Crippen LogP contribution in [0.15, 0.2) is 84.9 Å². The normalized spacial score (nSPS) is 10.7. The minimum absolute atomic E-state index is 0.0439. The van der Waals surface area contributed by atoms with Crippen LogP contribution in [0.3, 0.4) is 0 Å². The summed E-state index contributed by atoms with van der Waals surface area (Å²) in [4.78, 5) is 0. The molecule has 0 saturated carbocycles. The predicted molar refractivity (Wildman–Crippen MR) is 130 cm³/mol. The molecule has 0 bridgehead atoms. The molecule has 0 aliphatic carbocycles. The highest BCUT2D eigenvalue weighted by Gasteiger charge is 2.04. The van der Waals surface area contributed by atoms with Crippen LogP contribution >= 0.6 is 0 Å². The second-order valence-electron chi connectivity index (χ2n) is 7.79. The van der Waals surface area contributed by atoms with Gasteiger partial charge in [-0.1, -0.05) is 24.3 Å². The molecule has 0 fully saturated rings. The minimum atomic E-state index is 0.0439. The van der Waals surface area contributed by atoms with Crippen molar-refractivity contribution in [1.82, 2.24) is 0 Å². The van der Waals surface area contributed by atoms with Crippen molar-refractivity contribution >= 4 is 11.4 Å². The zero-order valence-electron chi connectivity index (χ0n) is 18.1. The largest absolute Gasteiger partial charge is 0.506 e. The van der Waals surface area contributed by atoms with Crippen molar-refractivity contribution in [3.63, 3.8) is 0 Å². The second kappa shape index (κ2) is 9.87. The number of anilines is 2. The number of ether oxygens (including phenoxy) is 2. The Kier molecular flexibility index (Phi) is 6.55. The van der Waals surface area contributed by atoms with E-state index in [0.29, 0.717) is 11.5 Å². The molecular weight excluding hydrogens is 416 g/mol. The van der Waals surface area contributed by atoms with Crippen molar-refractivity contribution < 1.29 is 19.7 Å². The predicted octanol–water partition coefficient (Wildman–Crippen LogP) is 6.02. The number of phenolic OH excluding ortho intramolecular Hbond substituents is 2. The average Bonchev–Trinajstić information content (AvgIpc) is 2.81. The van der Waals surface area contributed by atoms with Gasteiger partial charge in [-0.25, -0.2) is 0 Å². The number of rotatable bonds is 8. The van der Waals surface area contributed by atoms with E-state index in [-0.39, 0.29) is 22.9 Å². The summed E-state index contributed by atoms with van der Waals surface area (Å²) in [6, 6.07) is 25.5. The van der Waals surface area contributed by atoms with Crippen molar-refractivity contribution in [2.45, 2.75) is 19.3 Å². The van der Waals surface area contributed by atoms with E-state index in [1.54, 1.807) is 24.3 Å². The number of hydrogen-bond donors (Lipinski definition) is 4. The van der Waals surface area contributed by atoms with Crippen LogP contribution in [0, 0.1) is 0 Å². The van der Waals surface area contributed by atoms with Crippen LogP contribution in [-0.4, -0.2) is 10.2 Å². The van der Waals surface area contributed by atoms with Gasteiger partial charge in [0.15, 0.2) is 0 Å². The quantitative estimate of drug-likeness (QED) is 0.196. The lowest BCUT2D eigenvalue weighted by atomic mass is 10.0. The highest BCUT2D eigenvalue weighted by atomic mass is 16.5. The first kappa shape index (κ1) is 21.9. The summed E-state index contributed by atoms with van der Waals surface area (Å²) < 4.78 is 11.6. The summed E-state index contributed by atoms with van der Waals surface area (Å²) in [5.74, 6) is 2.69. The van der Waals surface area contributed by atoms with Gasteiger partial charge in [0, 0.05) is 12.1 Å². The van der Waals surface area contributed by atoms with Crippen molar-refractivity contribution in [1.29, 1.82) is 0 Å². The monoisotopic (exact) mass is 442 g/mol. The van der Waals surface area contributed by atoms with Crippen LogP contribution in [0.25, 0.3) is 0 Å². The van der Waals surface area contributed by atoms with E-state index in [2.05, 4.69) is 24.3 Å². The minimum Gasteiger partial charge on any atom is -0.506 e. The molecule has 4 aromatic rings. The van der Waals surface area contributed by atoms with Gasteiger partial charge in [0.1, 0.15) is 34.5 Å². The molecule has 0 heterocycles. The Morgan fingerprint density at radius 2 is 0.879 bits per heavy atom. The summed E-state index contributed by atoms with van der Waals surface area (Å²) >= 11 is 0. The maximum absolute atomic E-state index is 9.50. The fourth-order valence-electron chi connectivity index (χ4n) is 3.41. The van der Waals surface area contributed by atoms with Crippen LogP contribution in [0.5, 0.6) is 34.5 Å². The molecule has 0 aliphatic heterocycles. The molecule has 0 saturated heterocycles. The van der Waals surface area contributed by atoms with E-state index in [1.807, 2.05) is 24.3 Å². The van der Waals surface area contributed by atoms with Gasteiger partial charge < -0.3 is 31.2 Å². The van der Waals surface area contributed by atoms with E-state index >= 15 is 0 Å². The van der Waals surface area contributed by atoms with E-state index in [0.717, 1.165) is 30.8 Å². The Hall–Kier alpha value is -4.32. The van der Waals surface area contributed by atoms with Gasteiger partial charge in [-0.05, 0) is 78.9 Å². The average molecular weight is 443 g/mol. The lowest BCUT2D eigenvalue weighted by molar-refractivity contribution is 0.466. The van der Waals surface area contributed by atoms with E-state index < -0.39 is 0 Å². The lowest BCUT2D eigenvalue weighted by Gasteiger charge is -2.09. The first-order valence-corrected chi connectivity index (χ1v) is 10.7. The van der Waals surface area contributed by atoms with Crippen LogP contribution in [0.2, 0.25) is 0 Å². The third kappa shape index (κ3) is 5.89. The maximum Gasteiger partial charge on any atom is 0.138 e. The molecular formula is C27H26N2O4. The smallest absolute Gasteiger partial charge is 0.138 e. The highest BCUT2D eigenvalue weighted by molar-refractivity contribution is 5.56. The molecule has 0 spiro atoms. The van der Waals surface area contributed by atoms with Gasteiger partial charge >= 0.3 is 0 Å². The van der Waals surface area contributed by atoms with Gasteiger partial charge in [-0.15, -0.1) is 0 Å². The van der Waals surface area contributed by atoms with E-state index in [4.69, 9.17) is 20.9 Å². The molecule has 0 aromatic heterocycles. The molecule has 168 valence electrons. The Balaban J connectivity index is 1.25. The number of nitrogens with two attached hydrogens (primary N) is 2. The van der Waals surface area contributed by atoms with Crippen LogP contribution in [-0.2, 0) is 12.8 Å². The van der Waals surface area contributed by atoms with Crippen molar-refractivity contribution in [2.24, 2.45) is 0 Å². The van der Waals surface area contributed by atoms with Gasteiger partial charge in [-0.2, -0.15) is 0 Å². The molecule has 0 atom stereocenters. The first-order chi connectivity index (χ1) is 16.0. The highest BCUT2D eigenvalue weighted by Crippen LogP contribution is 2.30. The van der Waals surface area contributed by atoms with Gasteiger partial charge in [0.2, 0.25) is 0 Å². The van der Waals surface area contributed by atoms with Crippen molar-refractivity contribution in [3.05, 3.63) is 96.1 Å². The Bertz CT molecular complexity index is 1130. The summed E-state index contributed by atoms with van der Waals surface area (Å²) in [5.41, 5.74) is 14.4. The van der Waals surface area contributed by atoms with Crippen LogP contribution in [0.1, 0.15) is 17.5 Å². The zero-order valence-corrected chi connectivity index (χ0v) is 18.1.